The van der Waals surface area contributed by atoms with Crippen molar-refractivity contribution in [1.82, 2.24) is 5.32 Å². The maximum absolute atomic E-state index is 5.29. The fraction of sp³-hybridized carbons (Fsp3) is 0.571. The Labute approximate surface area is 62.0 Å². The van der Waals surface area contributed by atoms with Gasteiger partial charge in [0.2, 0.25) is 0 Å². The third kappa shape index (κ3) is 5.31. The Morgan fingerprint density at radius 3 is 3.00 bits per heavy atom. The van der Waals surface area contributed by atoms with Crippen LogP contribution >= 0.6 is 0 Å². The van der Waals surface area contributed by atoms with E-state index in [4.69, 9.17) is 5.73 Å². The Hall–Kier alpha value is -0.830. The van der Waals surface area contributed by atoms with Crippen LogP contribution in [0.1, 0.15) is 13.3 Å². The quantitative estimate of drug-likeness (QED) is 0.432. The molecular weight excluding hydrogens is 126 g/mol. The molecule has 0 fully saturated rings. The highest BCUT2D eigenvalue weighted by Gasteiger charge is 1.84. The molecule has 0 atom stereocenters. The minimum atomic E-state index is 0.724. The predicted octanol–water partition coefficient (Wildman–Crippen LogP) is 0.487. The topological polar surface area (TPSA) is 50.4 Å². The number of hydrogen-bond acceptors (Lipinski definition) is 3. The van der Waals surface area contributed by atoms with Crippen LogP contribution in [0.15, 0.2) is 16.9 Å². The summed E-state index contributed by atoms with van der Waals surface area (Å²) in [4.78, 5) is 3.61. The van der Waals surface area contributed by atoms with Crippen molar-refractivity contribution in [3.63, 3.8) is 0 Å². The first-order chi connectivity index (χ1) is 4.81. The Kier molecular flexibility index (Phi) is 5.77. The van der Waals surface area contributed by atoms with Crippen molar-refractivity contribution in [2.45, 2.75) is 13.3 Å². The third-order valence-electron chi connectivity index (χ3n) is 1.07. The summed E-state index contributed by atoms with van der Waals surface area (Å²) in [6.07, 6.45) is 2.68. The normalized spacial score (nSPS) is 11.2. The van der Waals surface area contributed by atoms with Crippen molar-refractivity contribution in [3.8, 4) is 0 Å². The summed E-state index contributed by atoms with van der Waals surface area (Å²) in [6.45, 7) is 6.92. The average Bonchev–Trinajstić information content (AvgIpc) is 1.89. The highest BCUT2D eigenvalue weighted by molar-refractivity contribution is 5.26. The molecule has 0 aliphatic carbocycles. The number of aliphatic imine (C=N–C) groups is 1. The van der Waals surface area contributed by atoms with Crippen molar-refractivity contribution in [1.29, 1.82) is 0 Å². The lowest BCUT2D eigenvalue weighted by Gasteiger charge is -2.02. The number of allylic oxidation sites excluding steroid dienone is 1. The van der Waals surface area contributed by atoms with Crippen LogP contribution in [0.2, 0.25) is 0 Å². The zero-order valence-electron chi connectivity index (χ0n) is 6.43. The molecular formula is C7H15N3. The van der Waals surface area contributed by atoms with Gasteiger partial charge in [0.25, 0.3) is 0 Å². The van der Waals surface area contributed by atoms with Crippen LogP contribution < -0.4 is 11.1 Å². The minimum absolute atomic E-state index is 0.724. The van der Waals surface area contributed by atoms with Crippen molar-refractivity contribution in [2.24, 2.45) is 10.7 Å². The Bertz CT molecular complexity index is 118. The molecule has 0 amide bonds. The van der Waals surface area contributed by atoms with Crippen LogP contribution in [0.5, 0.6) is 0 Å². The van der Waals surface area contributed by atoms with Crippen molar-refractivity contribution in [2.75, 3.05) is 13.1 Å². The predicted molar refractivity (Wildman–Crippen MR) is 45.0 cm³/mol. The molecule has 0 aliphatic rings. The molecule has 3 nitrogen and oxygen atoms in total. The number of rotatable bonds is 5. The van der Waals surface area contributed by atoms with Crippen LogP contribution in [0.4, 0.5) is 0 Å². The first-order valence-electron chi connectivity index (χ1n) is 3.37. The zero-order valence-corrected chi connectivity index (χ0v) is 6.43. The van der Waals surface area contributed by atoms with Gasteiger partial charge in [-0.05, 0) is 26.6 Å². The molecule has 3 heteroatoms. The van der Waals surface area contributed by atoms with Crippen LogP contribution in [0.3, 0.4) is 0 Å². The summed E-state index contributed by atoms with van der Waals surface area (Å²) in [5.74, 6) is 0. The lowest BCUT2D eigenvalue weighted by Crippen LogP contribution is -2.15. The Morgan fingerprint density at radius 1 is 1.80 bits per heavy atom. The second-order valence-corrected chi connectivity index (χ2v) is 2.06. The van der Waals surface area contributed by atoms with Gasteiger partial charge < -0.3 is 11.1 Å². The van der Waals surface area contributed by atoms with Gasteiger partial charge in [-0.1, -0.05) is 0 Å². The van der Waals surface area contributed by atoms with E-state index in [0.717, 1.165) is 25.2 Å². The Balaban J connectivity index is 3.29. The summed E-state index contributed by atoms with van der Waals surface area (Å²) in [6, 6.07) is 0. The number of nitrogens with two attached hydrogens (primary N) is 1. The van der Waals surface area contributed by atoms with Crippen LogP contribution in [0.25, 0.3) is 0 Å². The summed E-state index contributed by atoms with van der Waals surface area (Å²) < 4.78 is 0. The monoisotopic (exact) mass is 141 g/mol. The molecule has 3 N–H and O–H groups in total. The molecule has 0 spiro atoms. The highest BCUT2D eigenvalue weighted by atomic mass is 14.9. The van der Waals surface area contributed by atoms with Crippen molar-refractivity contribution >= 4 is 6.72 Å². The van der Waals surface area contributed by atoms with Gasteiger partial charge in [0.15, 0.2) is 0 Å². The van der Waals surface area contributed by atoms with Gasteiger partial charge in [0.1, 0.15) is 0 Å². The SMILES string of the molecule is C=N/C=C(/C)NCCCN. The summed E-state index contributed by atoms with van der Waals surface area (Å²) in [7, 11) is 0. The molecule has 0 radical (unpaired) electrons. The van der Waals surface area contributed by atoms with E-state index >= 15 is 0 Å². The summed E-state index contributed by atoms with van der Waals surface area (Å²) in [5, 5.41) is 3.13. The third-order valence-corrected chi connectivity index (χ3v) is 1.07. The van der Waals surface area contributed by atoms with E-state index < -0.39 is 0 Å². The molecule has 0 aliphatic heterocycles. The van der Waals surface area contributed by atoms with Gasteiger partial charge in [-0.2, -0.15) is 0 Å². The maximum Gasteiger partial charge on any atom is 0.0447 e. The maximum atomic E-state index is 5.29. The van der Waals surface area contributed by atoms with E-state index in [1.807, 2.05) is 6.92 Å². The number of nitrogens with one attached hydrogen (secondary N) is 1. The molecule has 10 heavy (non-hydrogen) atoms. The van der Waals surface area contributed by atoms with Gasteiger partial charge >= 0.3 is 0 Å². The Morgan fingerprint density at radius 2 is 2.50 bits per heavy atom. The molecule has 0 rings (SSSR count). The summed E-state index contributed by atoms with van der Waals surface area (Å²) in [5.41, 5.74) is 6.32. The molecule has 58 valence electrons. The molecule has 0 aromatic carbocycles. The van der Waals surface area contributed by atoms with Gasteiger partial charge in [-0.15, -0.1) is 0 Å². The minimum Gasteiger partial charge on any atom is -0.387 e. The highest BCUT2D eigenvalue weighted by Crippen LogP contribution is 1.85. The second kappa shape index (κ2) is 6.29. The lowest BCUT2D eigenvalue weighted by atomic mass is 10.4. The molecule has 0 bridgehead atoms. The van der Waals surface area contributed by atoms with Crippen LogP contribution in [-0.4, -0.2) is 19.8 Å². The summed E-state index contributed by atoms with van der Waals surface area (Å²) >= 11 is 0. The zero-order chi connectivity index (χ0) is 7.82. The number of nitrogens with zero attached hydrogens (tertiary/aromatic N) is 1. The standard InChI is InChI=1S/C7H15N3/c1-7(6-9-2)10-5-3-4-8/h6,10H,2-5,8H2,1H3/b7-6-. The van der Waals surface area contributed by atoms with E-state index in [1.165, 1.54) is 0 Å². The van der Waals surface area contributed by atoms with Gasteiger partial charge in [-0.25, -0.2) is 0 Å². The largest absolute Gasteiger partial charge is 0.387 e. The van der Waals surface area contributed by atoms with E-state index in [9.17, 15) is 0 Å². The first-order valence-corrected chi connectivity index (χ1v) is 3.37. The van der Waals surface area contributed by atoms with E-state index in [0.29, 0.717) is 0 Å². The fourth-order valence-corrected chi connectivity index (χ4v) is 0.570. The molecule has 0 heterocycles. The van der Waals surface area contributed by atoms with Crippen LogP contribution in [0, 0.1) is 0 Å². The van der Waals surface area contributed by atoms with Crippen molar-refractivity contribution in [3.05, 3.63) is 11.9 Å². The molecule has 0 aromatic heterocycles. The van der Waals surface area contributed by atoms with Gasteiger partial charge in [-0.3, -0.25) is 4.99 Å². The smallest absolute Gasteiger partial charge is 0.0447 e. The average molecular weight is 141 g/mol. The van der Waals surface area contributed by atoms with Crippen LogP contribution in [-0.2, 0) is 0 Å². The first kappa shape index (κ1) is 9.17. The molecule has 0 saturated heterocycles. The molecule has 0 unspecified atom stereocenters. The van der Waals surface area contributed by atoms with Crippen molar-refractivity contribution < 1.29 is 0 Å². The van der Waals surface area contributed by atoms with E-state index in [2.05, 4.69) is 17.0 Å². The molecule has 0 saturated carbocycles. The fourth-order valence-electron chi connectivity index (χ4n) is 0.570. The van der Waals surface area contributed by atoms with E-state index in [-0.39, 0.29) is 0 Å². The second-order valence-electron chi connectivity index (χ2n) is 2.06. The van der Waals surface area contributed by atoms with Gasteiger partial charge in [0.05, 0.1) is 0 Å². The van der Waals surface area contributed by atoms with E-state index in [1.54, 1.807) is 6.20 Å². The lowest BCUT2D eigenvalue weighted by molar-refractivity contribution is 0.731. The van der Waals surface area contributed by atoms with Gasteiger partial charge in [0, 0.05) is 18.4 Å². The molecule has 0 aromatic rings. The number of hydrogen-bond donors (Lipinski definition) is 2.